The molecule has 0 amide bonds. The number of hydrogen-bond donors (Lipinski definition) is 0. The number of ether oxygens (including phenoxy) is 1. The van der Waals surface area contributed by atoms with E-state index in [0.29, 0.717) is 18.0 Å². The number of rotatable bonds is 7. The van der Waals surface area contributed by atoms with Gasteiger partial charge in [0.2, 0.25) is 0 Å². The molecule has 156 valence electrons. The summed E-state index contributed by atoms with van der Waals surface area (Å²) in [7, 11) is 1.67. The molecule has 0 aliphatic carbocycles. The van der Waals surface area contributed by atoms with Gasteiger partial charge >= 0.3 is 0 Å². The van der Waals surface area contributed by atoms with Crippen molar-refractivity contribution in [3.05, 3.63) is 66.1 Å². The van der Waals surface area contributed by atoms with Gasteiger partial charge in [0.1, 0.15) is 11.6 Å². The molecule has 1 aromatic carbocycles. The summed E-state index contributed by atoms with van der Waals surface area (Å²) in [4.78, 5) is 9.14. The Balaban J connectivity index is 1.54. The predicted molar refractivity (Wildman–Crippen MR) is 121 cm³/mol. The van der Waals surface area contributed by atoms with Gasteiger partial charge in [-0.2, -0.15) is 5.10 Å². The molecule has 0 spiro atoms. The van der Waals surface area contributed by atoms with Crippen molar-refractivity contribution >= 4 is 18.0 Å². The number of methoxy groups -OCH3 is 1. The Hall–Kier alpha value is -2.97. The average molecular weight is 423 g/mol. The third-order valence-corrected chi connectivity index (χ3v) is 5.69. The zero-order valence-corrected chi connectivity index (χ0v) is 18.0. The van der Waals surface area contributed by atoms with Crippen LogP contribution in [0.3, 0.4) is 0 Å². The number of anilines is 1. The zero-order valence-electron chi connectivity index (χ0n) is 17.1. The first kappa shape index (κ1) is 20.3. The standard InChI is InChI=1S/C22H26N6OS/c1-3-12-27-21(18-8-4-5-9-19(18)29-2)24-28(22(27)30)17-25-13-15-26(16-14-25)20-10-6-7-11-23-20/h3-11H,1,12-17H2,2H3. The highest BCUT2D eigenvalue weighted by molar-refractivity contribution is 7.71. The number of piperazine rings is 1. The maximum absolute atomic E-state index is 5.75. The molecule has 1 aliphatic heterocycles. The van der Waals surface area contributed by atoms with Crippen LogP contribution in [0.15, 0.2) is 61.3 Å². The third kappa shape index (κ3) is 4.15. The first-order chi connectivity index (χ1) is 14.7. The smallest absolute Gasteiger partial charge is 0.199 e. The maximum atomic E-state index is 5.75. The van der Waals surface area contributed by atoms with Crippen LogP contribution < -0.4 is 9.64 Å². The van der Waals surface area contributed by atoms with Crippen LogP contribution in [0.1, 0.15) is 0 Å². The molecule has 3 heterocycles. The van der Waals surface area contributed by atoms with Crippen LogP contribution in [0.25, 0.3) is 11.4 Å². The highest BCUT2D eigenvalue weighted by atomic mass is 32.1. The van der Waals surface area contributed by atoms with E-state index in [1.165, 1.54) is 0 Å². The summed E-state index contributed by atoms with van der Waals surface area (Å²) in [6.45, 7) is 8.84. The zero-order chi connectivity index (χ0) is 20.9. The Morgan fingerprint density at radius 3 is 2.57 bits per heavy atom. The SMILES string of the molecule is C=CCn1c(-c2ccccc2OC)nn(CN2CCN(c3ccccn3)CC2)c1=S. The van der Waals surface area contributed by atoms with E-state index >= 15 is 0 Å². The molecule has 30 heavy (non-hydrogen) atoms. The van der Waals surface area contributed by atoms with Crippen molar-refractivity contribution in [2.24, 2.45) is 0 Å². The minimum absolute atomic E-state index is 0.597. The van der Waals surface area contributed by atoms with Crippen LogP contribution in [0.2, 0.25) is 0 Å². The molecule has 0 unspecified atom stereocenters. The Morgan fingerprint density at radius 1 is 1.10 bits per heavy atom. The lowest BCUT2D eigenvalue weighted by molar-refractivity contribution is 0.194. The van der Waals surface area contributed by atoms with Crippen LogP contribution in [0.5, 0.6) is 5.75 Å². The van der Waals surface area contributed by atoms with Crippen molar-refractivity contribution < 1.29 is 4.74 Å². The van der Waals surface area contributed by atoms with E-state index in [1.807, 2.05) is 57.9 Å². The Bertz CT molecular complexity index is 1050. The lowest BCUT2D eigenvalue weighted by atomic mass is 10.2. The van der Waals surface area contributed by atoms with Gasteiger partial charge in [-0.3, -0.25) is 9.47 Å². The largest absolute Gasteiger partial charge is 0.496 e. The minimum Gasteiger partial charge on any atom is -0.496 e. The van der Waals surface area contributed by atoms with E-state index in [1.54, 1.807) is 7.11 Å². The monoisotopic (exact) mass is 422 g/mol. The van der Waals surface area contributed by atoms with Crippen LogP contribution >= 0.6 is 12.2 Å². The van der Waals surface area contributed by atoms with Crippen molar-refractivity contribution in [3.63, 3.8) is 0 Å². The number of benzene rings is 1. The fourth-order valence-corrected chi connectivity index (χ4v) is 3.96. The first-order valence-corrected chi connectivity index (χ1v) is 10.4. The lowest BCUT2D eigenvalue weighted by Gasteiger charge is -2.35. The molecule has 8 heteroatoms. The number of para-hydroxylation sites is 1. The second-order valence-electron chi connectivity index (χ2n) is 7.14. The number of hydrogen-bond acceptors (Lipinski definition) is 6. The predicted octanol–water partition coefficient (Wildman–Crippen LogP) is 3.45. The van der Waals surface area contributed by atoms with Gasteiger partial charge < -0.3 is 9.64 Å². The first-order valence-electron chi connectivity index (χ1n) is 10.0. The van der Waals surface area contributed by atoms with Gasteiger partial charge in [-0.1, -0.05) is 24.3 Å². The molecular weight excluding hydrogens is 396 g/mol. The van der Waals surface area contributed by atoms with Gasteiger partial charge in [0.25, 0.3) is 0 Å². The Labute approximate surface area is 181 Å². The molecule has 3 aromatic rings. The highest BCUT2D eigenvalue weighted by Gasteiger charge is 2.21. The van der Waals surface area contributed by atoms with Crippen LogP contribution in [-0.2, 0) is 13.2 Å². The van der Waals surface area contributed by atoms with Gasteiger partial charge in [-0.25, -0.2) is 9.67 Å². The molecule has 1 saturated heterocycles. The van der Waals surface area contributed by atoms with Crippen molar-refractivity contribution in [1.82, 2.24) is 24.2 Å². The highest BCUT2D eigenvalue weighted by Crippen LogP contribution is 2.29. The summed E-state index contributed by atoms with van der Waals surface area (Å²) in [5.41, 5.74) is 0.923. The molecule has 2 aromatic heterocycles. The summed E-state index contributed by atoms with van der Waals surface area (Å²) < 4.78 is 10.1. The number of nitrogens with zero attached hydrogens (tertiary/aromatic N) is 6. The third-order valence-electron chi connectivity index (χ3n) is 5.26. The second kappa shape index (κ2) is 9.23. The van der Waals surface area contributed by atoms with E-state index in [-0.39, 0.29) is 0 Å². The summed E-state index contributed by atoms with van der Waals surface area (Å²) in [5.74, 6) is 2.60. The fourth-order valence-electron chi connectivity index (χ4n) is 3.70. The second-order valence-corrected chi connectivity index (χ2v) is 7.50. The van der Waals surface area contributed by atoms with Crippen molar-refractivity contribution in [2.45, 2.75) is 13.2 Å². The molecule has 1 fully saturated rings. The molecule has 0 bridgehead atoms. The molecule has 0 saturated carbocycles. The van der Waals surface area contributed by atoms with E-state index in [9.17, 15) is 0 Å². The van der Waals surface area contributed by atoms with Crippen LogP contribution in [-0.4, -0.2) is 57.5 Å². The van der Waals surface area contributed by atoms with Crippen molar-refractivity contribution in [2.75, 3.05) is 38.2 Å². The van der Waals surface area contributed by atoms with E-state index < -0.39 is 0 Å². The topological polar surface area (TPSA) is 51.4 Å². The molecule has 0 atom stereocenters. The van der Waals surface area contributed by atoms with Gasteiger partial charge in [-0.15, -0.1) is 6.58 Å². The normalized spacial score (nSPS) is 14.6. The van der Waals surface area contributed by atoms with Crippen LogP contribution in [0.4, 0.5) is 5.82 Å². The van der Waals surface area contributed by atoms with Gasteiger partial charge in [0.15, 0.2) is 10.6 Å². The summed E-state index contributed by atoms with van der Waals surface area (Å²) in [6.07, 6.45) is 3.68. The molecular formula is C22H26N6OS. The number of allylic oxidation sites excluding steroid dienone is 1. The fraction of sp³-hybridized carbons (Fsp3) is 0.318. The summed E-state index contributed by atoms with van der Waals surface area (Å²) in [6, 6.07) is 13.9. The Kier molecular flexibility index (Phi) is 6.25. The molecule has 1 aliphatic rings. The van der Waals surface area contributed by atoms with E-state index in [0.717, 1.165) is 49.1 Å². The summed E-state index contributed by atoms with van der Waals surface area (Å²) in [5, 5.41) is 4.86. The van der Waals surface area contributed by atoms with Crippen LogP contribution in [0, 0.1) is 4.77 Å². The average Bonchev–Trinajstić information content (AvgIpc) is 3.10. The van der Waals surface area contributed by atoms with Crippen molar-refractivity contribution in [3.8, 4) is 17.1 Å². The molecule has 0 N–H and O–H groups in total. The Morgan fingerprint density at radius 2 is 1.87 bits per heavy atom. The number of pyridine rings is 1. The van der Waals surface area contributed by atoms with Gasteiger partial charge in [-0.05, 0) is 36.5 Å². The molecule has 7 nitrogen and oxygen atoms in total. The molecule has 0 radical (unpaired) electrons. The van der Waals surface area contributed by atoms with E-state index in [2.05, 4.69) is 27.4 Å². The van der Waals surface area contributed by atoms with E-state index in [4.69, 9.17) is 22.1 Å². The quantitative estimate of drug-likeness (QED) is 0.429. The summed E-state index contributed by atoms with van der Waals surface area (Å²) >= 11 is 5.75. The number of aromatic nitrogens is 4. The van der Waals surface area contributed by atoms with Gasteiger partial charge in [0, 0.05) is 38.9 Å². The van der Waals surface area contributed by atoms with Crippen molar-refractivity contribution in [1.29, 1.82) is 0 Å². The minimum atomic E-state index is 0.597. The van der Waals surface area contributed by atoms with Gasteiger partial charge in [0.05, 0.1) is 19.3 Å². The maximum Gasteiger partial charge on any atom is 0.199 e. The lowest BCUT2D eigenvalue weighted by Crippen LogP contribution is -2.47. The molecule has 4 rings (SSSR count).